The third-order valence-corrected chi connectivity index (χ3v) is 3.66. The molecule has 0 radical (unpaired) electrons. The van der Waals surface area contributed by atoms with E-state index in [2.05, 4.69) is 0 Å². The van der Waals surface area contributed by atoms with E-state index in [9.17, 15) is 9.59 Å². The van der Waals surface area contributed by atoms with E-state index in [1.165, 1.54) is 0 Å². The van der Waals surface area contributed by atoms with Crippen molar-refractivity contribution in [2.24, 2.45) is 0 Å². The maximum Gasteiger partial charge on any atom is 0.162 e. The summed E-state index contributed by atoms with van der Waals surface area (Å²) >= 11 is 1.56. The Labute approximate surface area is 93.1 Å². The topological polar surface area (TPSA) is 34.1 Å². The van der Waals surface area contributed by atoms with Crippen LogP contribution in [-0.2, 0) is 11.2 Å². The summed E-state index contributed by atoms with van der Waals surface area (Å²) in [6.45, 7) is 1.85. The van der Waals surface area contributed by atoms with Crippen molar-refractivity contribution in [1.29, 1.82) is 0 Å². The molecule has 0 saturated carbocycles. The number of fused-ring (bicyclic) bond motifs is 1. The molecule has 0 amide bonds. The van der Waals surface area contributed by atoms with E-state index >= 15 is 0 Å². The Morgan fingerprint density at radius 3 is 3.00 bits per heavy atom. The van der Waals surface area contributed by atoms with Gasteiger partial charge in [-0.2, -0.15) is 0 Å². The lowest BCUT2D eigenvalue weighted by Gasteiger charge is -2.14. The lowest BCUT2D eigenvalue weighted by atomic mass is 10.0. The molecule has 2 nitrogen and oxygen atoms in total. The average molecular weight is 220 g/mol. The molecule has 1 aliphatic rings. The summed E-state index contributed by atoms with van der Waals surface area (Å²) in [5, 5.41) is 0. The Kier molecular flexibility index (Phi) is 2.91. The minimum Gasteiger partial charge on any atom is -0.298 e. The van der Waals surface area contributed by atoms with Gasteiger partial charge in [0.1, 0.15) is 5.78 Å². The first-order valence-electron chi connectivity index (χ1n) is 5.01. The van der Waals surface area contributed by atoms with Gasteiger partial charge in [-0.1, -0.05) is 13.0 Å². The fraction of sp³-hybridized carbons (Fsp3) is 0.333. The zero-order valence-corrected chi connectivity index (χ0v) is 9.39. The molecule has 78 valence electrons. The molecule has 0 atom stereocenters. The van der Waals surface area contributed by atoms with Gasteiger partial charge in [0.05, 0.1) is 5.75 Å². The van der Waals surface area contributed by atoms with E-state index in [4.69, 9.17) is 0 Å². The first kappa shape index (κ1) is 10.4. The Hall–Kier alpha value is -1.09. The molecule has 0 spiro atoms. The van der Waals surface area contributed by atoms with Crippen LogP contribution in [0.2, 0.25) is 0 Å². The maximum atomic E-state index is 11.5. The van der Waals surface area contributed by atoms with E-state index in [0.717, 1.165) is 16.0 Å². The van der Waals surface area contributed by atoms with Crippen LogP contribution in [-0.4, -0.2) is 17.3 Å². The molecule has 2 rings (SSSR count). The second-order valence-corrected chi connectivity index (χ2v) is 4.62. The van der Waals surface area contributed by atoms with Gasteiger partial charge in [0.2, 0.25) is 0 Å². The number of hydrogen-bond donors (Lipinski definition) is 0. The van der Waals surface area contributed by atoms with Crippen molar-refractivity contribution in [3.63, 3.8) is 0 Å². The molecule has 0 bridgehead atoms. The molecule has 0 unspecified atom stereocenters. The highest BCUT2D eigenvalue weighted by atomic mass is 32.2. The standard InChI is InChI=1S/C12H12O2S/c1-2-11(14)8-3-4-12-9(5-8)6-10(13)7-15-12/h3-5H,2,6-7H2,1H3. The molecular weight excluding hydrogens is 208 g/mol. The molecule has 1 heterocycles. The first-order valence-corrected chi connectivity index (χ1v) is 6.00. The van der Waals surface area contributed by atoms with E-state index < -0.39 is 0 Å². The lowest BCUT2D eigenvalue weighted by molar-refractivity contribution is -0.116. The average Bonchev–Trinajstić information content (AvgIpc) is 2.27. The number of ketones is 2. The largest absolute Gasteiger partial charge is 0.298 e. The first-order chi connectivity index (χ1) is 7.20. The quantitative estimate of drug-likeness (QED) is 0.718. The molecule has 0 aliphatic carbocycles. The van der Waals surface area contributed by atoms with Gasteiger partial charge in [-0.25, -0.2) is 0 Å². The number of carbonyl (C=O) groups is 2. The summed E-state index contributed by atoms with van der Waals surface area (Å²) in [7, 11) is 0. The molecule has 0 saturated heterocycles. The van der Waals surface area contributed by atoms with E-state index in [1.807, 2.05) is 25.1 Å². The number of Topliss-reactive ketones (excluding diaryl/α,β-unsaturated/α-hetero) is 2. The molecule has 1 aromatic carbocycles. The van der Waals surface area contributed by atoms with Crippen LogP contribution in [0, 0.1) is 0 Å². The zero-order chi connectivity index (χ0) is 10.8. The van der Waals surface area contributed by atoms with Crippen LogP contribution >= 0.6 is 11.8 Å². The van der Waals surface area contributed by atoms with Gasteiger partial charge in [0.25, 0.3) is 0 Å². The summed E-state index contributed by atoms with van der Waals surface area (Å²) in [5.41, 5.74) is 1.74. The van der Waals surface area contributed by atoms with Crippen molar-refractivity contribution >= 4 is 23.3 Å². The number of carbonyl (C=O) groups excluding carboxylic acids is 2. The fourth-order valence-electron chi connectivity index (χ4n) is 1.66. The normalized spacial score (nSPS) is 14.9. The van der Waals surface area contributed by atoms with E-state index in [0.29, 0.717) is 18.6 Å². The van der Waals surface area contributed by atoms with Gasteiger partial charge in [-0.05, 0) is 17.7 Å². The Balaban J connectivity index is 2.36. The molecule has 1 aromatic rings. The molecular formula is C12H12O2S. The fourth-order valence-corrected chi connectivity index (χ4v) is 2.56. The molecule has 0 aromatic heterocycles. The summed E-state index contributed by atoms with van der Waals surface area (Å²) in [4.78, 5) is 23.9. The van der Waals surface area contributed by atoms with Gasteiger partial charge in [-0.15, -0.1) is 11.8 Å². The second-order valence-electron chi connectivity index (χ2n) is 3.60. The Bertz CT molecular complexity index is 424. The van der Waals surface area contributed by atoms with E-state index in [-0.39, 0.29) is 11.6 Å². The van der Waals surface area contributed by atoms with Crippen molar-refractivity contribution in [3.05, 3.63) is 29.3 Å². The SMILES string of the molecule is CCC(=O)c1ccc2c(c1)CC(=O)CS2. The summed E-state index contributed by atoms with van der Waals surface area (Å²) in [5.74, 6) is 0.947. The van der Waals surface area contributed by atoms with Crippen LogP contribution in [0.25, 0.3) is 0 Å². The van der Waals surface area contributed by atoms with Crippen molar-refractivity contribution in [3.8, 4) is 0 Å². The lowest BCUT2D eigenvalue weighted by Crippen LogP contribution is -2.12. The number of thioether (sulfide) groups is 1. The van der Waals surface area contributed by atoms with Gasteiger partial charge < -0.3 is 0 Å². The van der Waals surface area contributed by atoms with Crippen LogP contribution < -0.4 is 0 Å². The third kappa shape index (κ3) is 2.12. The van der Waals surface area contributed by atoms with Crippen molar-refractivity contribution in [2.45, 2.75) is 24.7 Å². The second kappa shape index (κ2) is 4.19. The van der Waals surface area contributed by atoms with Crippen LogP contribution in [0.5, 0.6) is 0 Å². The number of benzene rings is 1. The zero-order valence-electron chi connectivity index (χ0n) is 8.58. The number of rotatable bonds is 2. The molecule has 0 fully saturated rings. The minimum absolute atomic E-state index is 0.140. The van der Waals surface area contributed by atoms with Gasteiger partial charge in [0.15, 0.2) is 5.78 Å². The predicted molar refractivity (Wildman–Crippen MR) is 60.5 cm³/mol. The predicted octanol–water partition coefficient (Wildman–Crippen LogP) is 2.50. The van der Waals surface area contributed by atoms with Crippen LogP contribution in [0.3, 0.4) is 0 Å². The third-order valence-electron chi connectivity index (χ3n) is 2.48. The Morgan fingerprint density at radius 1 is 1.47 bits per heavy atom. The van der Waals surface area contributed by atoms with Crippen LogP contribution in [0.15, 0.2) is 23.1 Å². The smallest absolute Gasteiger partial charge is 0.162 e. The monoisotopic (exact) mass is 220 g/mol. The highest BCUT2D eigenvalue weighted by molar-refractivity contribution is 8.00. The van der Waals surface area contributed by atoms with Crippen molar-refractivity contribution in [1.82, 2.24) is 0 Å². The van der Waals surface area contributed by atoms with Crippen molar-refractivity contribution in [2.75, 3.05) is 5.75 Å². The number of hydrogen-bond acceptors (Lipinski definition) is 3. The molecule has 3 heteroatoms. The van der Waals surface area contributed by atoms with Crippen LogP contribution in [0.1, 0.15) is 29.3 Å². The minimum atomic E-state index is 0.140. The Morgan fingerprint density at radius 2 is 2.27 bits per heavy atom. The van der Waals surface area contributed by atoms with Gasteiger partial charge in [0, 0.05) is 23.3 Å². The summed E-state index contributed by atoms with van der Waals surface area (Å²) in [6, 6.07) is 5.67. The van der Waals surface area contributed by atoms with Crippen LogP contribution in [0.4, 0.5) is 0 Å². The van der Waals surface area contributed by atoms with Crippen molar-refractivity contribution < 1.29 is 9.59 Å². The highest BCUT2D eigenvalue weighted by Gasteiger charge is 2.17. The maximum absolute atomic E-state index is 11.5. The summed E-state index contributed by atoms with van der Waals surface area (Å²) < 4.78 is 0. The molecule has 15 heavy (non-hydrogen) atoms. The van der Waals surface area contributed by atoms with Gasteiger partial charge in [-0.3, -0.25) is 9.59 Å². The molecule has 1 aliphatic heterocycles. The van der Waals surface area contributed by atoms with Gasteiger partial charge >= 0.3 is 0 Å². The summed E-state index contributed by atoms with van der Waals surface area (Å²) in [6.07, 6.45) is 0.993. The van der Waals surface area contributed by atoms with E-state index in [1.54, 1.807) is 11.8 Å². The molecule has 0 N–H and O–H groups in total. The highest BCUT2D eigenvalue weighted by Crippen LogP contribution is 2.29.